The second kappa shape index (κ2) is 10.4. The Morgan fingerprint density at radius 3 is 2.50 bits per heavy atom. The van der Waals surface area contributed by atoms with E-state index < -0.39 is 10.4 Å². The molecule has 2 aromatic carbocycles. The zero-order valence-corrected chi connectivity index (χ0v) is 20.6. The Labute approximate surface area is 201 Å². The van der Waals surface area contributed by atoms with Crippen LogP contribution in [0, 0.1) is 10.1 Å². The van der Waals surface area contributed by atoms with Gasteiger partial charge in [-0.2, -0.15) is 4.57 Å². The molecule has 1 aromatic heterocycles. The highest BCUT2D eigenvalue weighted by Crippen LogP contribution is 2.46. The lowest BCUT2D eigenvalue weighted by molar-refractivity contribution is -0.646. The van der Waals surface area contributed by atoms with Gasteiger partial charge < -0.3 is 14.2 Å². The van der Waals surface area contributed by atoms with E-state index in [-0.39, 0.29) is 17.2 Å². The van der Waals surface area contributed by atoms with Crippen molar-refractivity contribution < 1.29 is 31.4 Å². The molecular formula is C22H23N3O7S2. The fraction of sp³-hybridized carbons (Fsp3) is 0.227. The Hall–Kier alpha value is -3.19. The topological polar surface area (TPSA) is 126 Å². The van der Waals surface area contributed by atoms with Crippen molar-refractivity contribution in [3.63, 3.8) is 0 Å². The molecule has 12 heteroatoms. The molecule has 180 valence electrons. The zero-order chi connectivity index (χ0) is 25.0. The fourth-order valence-corrected chi connectivity index (χ4v) is 4.76. The van der Waals surface area contributed by atoms with Gasteiger partial charge in [0.1, 0.15) is 12.8 Å². The van der Waals surface area contributed by atoms with Crippen molar-refractivity contribution in [2.24, 2.45) is 7.05 Å². The van der Waals surface area contributed by atoms with Crippen LogP contribution >= 0.6 is 11.8 Å². The number of rotatable bonds is 5. The van der Waals surface area contributed by atoms with E-state index >= 15 is 0 Å². The van der Waals surface area contributed by atoms with E-state index in [1.54, 1.807) is 37.1 Å². The lowest BCUT2D eigenvalue weighted by atomic mass is 10.1. The molecule has 1 aliphatic heterocycles. The second-order valence-corrected chi connectivity index (χ2v) is 9.22. The van der Waals surface area contributed by atoms with Crippen molar-refractivity contribution in [2.45, 2.75) is 11.8 Å². The third-order valence-electron chi connectivity index (χ3n) is 5.01. The number of hydrogen-bond donors (Lipinski definition) is 0. The van der Waals surface area contributed by atoms with Crippen LogP contribution in [0.2, 0.25) is 0 Å². The molecule has 0 aliphatic carbocycles. The molecule has 1 aliphatic rings. The molecule has 0 amide bonds. The number of methoxy groups -OCH3 is 1. The predicted molar refractivity (Wildman–Crippen MR) is 128 cm³/mol. The smallest absolute Gasteiger partial charge is 0.270 e. The van der Waals surface area contributed by atoms with E-state index in [9.17, 15) is 23.1 Å². The molecule has 0 spiro atoms. The van der Waals surface area contributed by atoms with Crippen LogP contribution in [0.1, 0.15) is 12.6 Å². The van der Waals surface area contributed by atoms with Crippen LogP contribution in [0.3, 0.4) is 0 Å². The number of aryl methyl sites for hydroxylation is 1. The molecule has 0 fully saturated rings. The maximum absolute atomic E-state index is 11.0. The van der Waals surface area contributed by atoms with Crippen molar-refractivity contribution >= 4 is 50.5 Å². The van der Waals surface area contributed by atoms with Gasteiger partial charge in [0, 0.05) is 42.3 Å². The summed E-state index contributed by atoms with van der Waals surface area (Å²) in [7, 11) is 1.24. The quantitative estimate of drug-likeness (QED) is 0.168. The summed E-state index contributed by atoms with van der Waals surface area (Å²) < 4.78 is 39.4. The first-order valence-corrected chi connectivity index (χ1v) is 12.2. The first-order chi connectivity index (χ1) is 16.0. The summed E-state index contributed by atoms with van der Waals surface area (Å²) in [5.74, 6) is 0.830. The third kappa shape index (κ3) is 5.83. The minimum atomic E-state index is -4.42. The van der Waals surface area contributed by atoms with Gasteiger partial charge >= 0.3 is 0 Å². The first kappa shape index (κ1) is 25.4. The highest BCUT2D eigenvalue weighted by molar-refractivity contribution is 8.03. The number of benzene rings is 2. The van der Waals surface area contributed by atoms with Crippen molar-refractivity contribution in [1.82, 2.24) is 0 Å². The van der Waals surface area contributed by atoms with Crippen LogP contribution in [0.4, 0.5) is 11.4 Å². The lowest BCUT2D eigenvalue weighted by Gasteiger charge is -2.13. The van der Waals surface area contributed by atoms with Crippen LogP contribution < -0.4 is 14.2 Å². The van der Waals surface area contributed by atoms with Crippen molar-refractivity contribution in [3.8, 4) is 5.75 Å². The normalized spacial score (nSPS) is 14.0. The molecule has 0 unspecified atom stereocenters. The molecule has 0 bridgehead atoms. The van der Waals surface area contributed by atoms with Crippen LogP contribution in [-0.2, 0) is 21.6 Å². The minimum Gasteiger partial charge on any atom is -0.726 e. The number of nitro groups is 1. The van der Waals surface area contributed by atoms with Gasteiger partial charge in [0.15, 0.2) is 0 Å². The Morgan fingerprint density at radius 1 is 1.18 bits per heavy atom. The number of aromatic nitrogens is 1. The molecule has 0 saturated carbocycles. The van der Waals surface area contributed by atoms with Crippen LogP contribution in [0.25, 0.3) is 17.0 Å². The fourth-order valence-electron chi connectivity index (χ4n) is 3.34. The van der Waals surface area contributed by atoms with Gasteiger partial charge in [-0.15, -0.1) is 0 Å². The van der Waals surface area contributed by atoms with Gasteiger partial charge in [0.2, 0.25) is 21.6 Å². The SMILES string of the molecule is CCOS(=O)(=O)[O-].COc1ccc2c(ccc(/C=C3\Sc4cc([N+](=O)[O-])ccc4N3C)[n+]2C)c1. The molecule has 0 atom stereocenters. The van der Waals surface area contributed by atoms with E-state index in [1.807, 2.05) is 32.3 Å². The van der Waals surface area contributed by atoms with E-state index in [0.717, 1.165) is 38.0 Å². The zero-order valence-electron chi connectivity index (χ0n) is 18.9. The maximum atomic E-state index is 11.0. The monoisotopic (exact) mass is 505 g/mol. The van der Waals surface area contributed by atoms with Crippen LogP contribution in [0.15, 0.2) is 58.5 Å². The molecule has 0 radical (unpaired) electrons. The summed E-state index contributed by atoms with van der Waals surface area (Å²) in [5.41, 5.74) is 3.24. The Balaban J connectivity index is 0.000000406. The van der Waals surface area contributed by atoms with Crippen molar-refractivity contribution in [3.05, 3.63) is 69.4 Å². The average Bonchev–Trinajstić information content (AvgIpc) is 3.09. The third-order valence-corrected chi connectivity index (χ3v) is 6.68. The molecule has 3 aromatic rings. The second-order valence-electron chi connectivity index (χ2n) is 7.11. The van der Waals surface area contributed by atoms with Crippen LogP contribution in [0.5, 0.6) is 5.75 Å². The number of ether oxygens (including phenoxy) is 1. The largest absolute Gasteiger partial charge is 0.726 e. The highest BCUT2D eigenvalue weighted by atomic mass is 32.3. The number of nitrogens with zero attached hydrogens (tertiary/aromatic N) is 3. The summed E-state index contributed by atoms with van der Waals surface area (Å²) in [4.78, 5) is 13.6. The van der Waals surface area contributed by atoms with Crippen LogP contribution in [-0.4, -0.2) is 38.7 Å². The van der Waals surface area contributed by atoms with Gasteiger partial charge in [0.25, 0.3) is 5.69 Å². The summed E-state index contributed by atoms with van der Waals surface area (Å²) in [6.45, 7) is 1.33. The number of fused-ring (bicyclic) bond motifs is 2. The number of non-ortho nitro benzene ring substituents is 1. The standard InChI is InChI=1S/C20H18N3O3S.C2H6O4S/c1-21-14(5-4-13-10-16(26-3)7-9-17(13)21)12-20-22(2)18-8-6-15(23(24)25)11-19(18)27-20;1-2-6-7(3,4)5/h4-12H,1-3H3;2H2,1H3,(H,3,4,5)/q+1;/p-1. The molecule has 2 heterocycles. The molecular weight excluding hydrogens is 482 g/mol. The summed E-state index contributed by atoms with van der Waals surface area (Å²) >= 11 is 1.54. The number of thioether (sulfide) groups is 1. The van der Waals surface area contributed by atoms with Crippen molar-refractivity contribution in [2.75, 3.05) is 25.7 Å². The van der Waals surface area contributed by atoms with E-state index in [2.05, 4.69) is 31.9 Å². The van der Waals surface area contributed by atoms with Gasteiger partial charge in [-0.25, -0.2) is 8.42 Å². The Kier molecular flexibility index (Phi) is 7.77. The molecule has 0 N–H and O–H groups in total. The maximum Gasteiger partial charge on any atom is 0.270 e. The number of pyridine rings is 1. The summed E-state index contributed by atoms with van der Waals surface area (Å²) in [6.07, 6.45) is 2.10. The predicted octanol–water partition coefficient (Wildman–Crippen LogP) is 3.60. The van der Waals surface area contributed by atoms with Crippen molar-refractivity contribution in [1.29, 1.82) is 0 Å². The first-order valence-electron chi connectivity index (χ1n) is 10.0. The summed E-state index contributed by atoms with van der Waals surface area (Å²) in [5, 5.41) is 13.1. The van der Waals surface area contributed by atoms with Gasteiger partial charge in [-0.05, 0) is 31.2 Å². The molecule has 4 rings (SSSR count). The molecule has 34 heavy (non-hydrogen) atoms. The van der Waals surface area contributed by atoms with Gasteiger partial charge in [0.05, 0.1) is 34.7 Å². The minimum absolute atomic E-state index is 0.0914. The van der Waals surface area contributed by atoms with E-state index in [4.69, 9.17) is 4.74 Å². The molecule has 10 nitrogen and oxygen atoms in total. The summed E-state index contributed by atoms with van der Waals surface area (Å²) in [6, 6.07) is 15.1. The number of anilines is 1. The van der Waals surface area contributed by atoms with Gasteiger partial charge in [-0.3, -0.25) is 14.3 Å². The number of hydrogen-bond acceptors (Lipinski definition) is 9. The Bertz CT molecular complexity index is 1370. The number of nitro benzene ring substituents is 1. The Morgan fingerprint density at radius 2 is 1.91 bits per heavy atom. The lowest BCUT2D eigenvalue weighted by Crippen LogP contribution is -2.33. The highest BCUT2D eigenvalue weighted by Gasteiger charge is 2.25. The molecule has 0 saturated heterocycles. The average molecular weight is 506 g/mol. The van der Waals surface area contributed by atoms with Gasteiger partial charge in [-0.1, -0.05) is 11.8 Å². The van der Waals surface area contributed by atoms with E-state index in [1.165, 1.54) is 6.92 Å². The van der Waals surface area contributed by atoms with E-state index in [0.29, 0.717) is 0 Å².